The summed E-state index contributed by atoms with van der Waals surface area (Å²) < 4.78 is 8.63. The summed E-state index contributed by atoms with van der Waals surface area (Å²) in [5.74, 6) is 8.00. The van der Waals surface area contributed by atoms with Gasteiger partial charge in [0.1, 0.15) is 17.6 Å². The van der Waals surface area contributed by atoms with Gasteiger partial charge in [0, 0.05) is 19.4 Å². The molecule has 32 heavy (non-hydrogen) atoms. The van der Waals surface area contributed by atoms with Gasteiger partial charge in [-0.05, 0) is 17.7 Å². The molecule has 4 rings (SSSR count). The zero-order valence-corrected chi connectivity index (χ0v) is 18.5. The Kier molecular flexibility index (Phi) is 6.41. The van der Waals surface area contributed by atoms with Crippen LogP contribution in [0, 0.1) is 0 Å². The number of nitrogens with two attached hydrogens (primary N) is 1. The van der Waals surface area contributed by atoms with Crippen molar-refractivity contribution in [3.8, 4) is 17.1 Å². The Balaban J connectivity index is 1.48. The lowest BCUT2D eigenvalue weighted by molar-refractivity contribution is -0.119. The minimum Gasteiger partial charge on any atom is -0.496 e. The molecule has 2 heterocycles. The Hall–Kier alpha value is -3.79. The van der Waals surface area contributed by atoms with E-state index in [1.807, 2.05) is 72.4 Å². The number of methoxy groups -OCH3 is 1. The minimum atomic E-state index is -0.371. The second-order valence-corrected chi connectivity index (χ2v) is 7.92. The molecule has 0 bridgehead atoms. The van der Waals surface area contributed by atoms with Crippen LogP contribution in [0.25, 0.3) is 11.4 Å². The fraction of sp³-hybridized carbons (Fsp3) is 0.182. The molecule has 2 aromatic heterocycles. The van der Waals surface area contributed by atoms with Gasteiger partial charge in [0.2, 0.25) is 11.1 Å². The van der Waals surface area contributed by atoms with Gasteiger partial charge < -0.3 is 20.5 Å². The maximum absolute atomic E-state index is 12.8. The Morgan fingerprint density at radius 3 is 2.62 bits per heavy atom. The van der Waals surface area contributed by atoms with Crippen molar-refractivity contribution in [3.63, 3.8) is 0 Å². The number of para-hydroxylation sites is 1. The van der Waals surface area contributed by atoms with Crippen molar-refractivity contribution in [1.82, 2.24) is 29.7 Å². The summed E-state index contributed by atoms with van der Waals surface area (Å²) in [5, 5.41) is 11.8. The van der Waals surface area contributed by atoms with Crippen LogP contribution in [0.3, 0.4) is 0 Å². The number of thioether (sulfide) groups is 1. The van der Waals surface area contributed by atoms with Gasteiger partial charge in [-0.15, -0.1) is 10.2 Å². The fourth-order valence-electron chi connectivity index (χ4n) is 3.32. The van der Waals surface area contributed by atoms with E-state index in [0.29, 0.717) is 16.7 Å². The van der Waals surface area contributed by atoms with Crippen molar-refractivity contribution >= 4 is 17.7 Å². The van der Waals surface area contributed by atoms with Crippen LogP contribution < -0.4 is 15.9 Å². The molecule has 0 aliphatic heterocycles. The average molecular weight is 450 g/mol. The SMILES string of the molecule is COc1ccccc1-c1nnc(SCC(=O)NC(c2ccccc2)c2nccn2C)n1N. The van der Waals surface area contributed by atoms with Crippen LogP contribution in [0.2, 0.25) is 0 Å². The van der Waals surface area contributed by atoms with Gasteiger partial charge in [0.05, 0.1) is 18.4 Å². The lowest BCUT2D eigenvalue weighted by Crippen LogP contribution is -2.32. The first-order chi connectivity index (χ1) is 15.6. The molecule has 0 radical (unpaired) electrons. The molecule has 4 aromatic rings. The summed E-state index contributed by atoms with van der Waals surface area (Å²) in [4.78, 5) is 17.2. The van der Waals surface area contributed by atoms with E-state index >= 15 is 0 Å². The second-order valence-electron chi connectivity index (χ2n) is 6.97. The number of ether oxygens (including phenoxy) is 1. The molecule has 1 unspecified atom stereocenters. The standard InChI is InChI=1S/C22H23N7O2S/c1-28-13-12-24-21(28)19(15-8-4-3-5-9-15)25-18(30)14-32-22-27-26-20(29(22)23)16-10-6-7-11-17(16)31-2/h3-13,19H,14,23H2,1-2H3,(H,25,30). The number of imidazole rings is 1. The number of aryl methyl sites for hydroxylation is 1. The fourth-order valence-corrected chi connectivity index (χ4v) is 3.99. The maximum atomic E-state index is 12.8. The van der Waals surface area contributed by atoms with Crippen molar-refractivity contribution < 1.29 is 9.53 Å². The van der Waals surface area contributed by atoms with E-state index in [1.54, 1.807) is 13.3 Å². The van der Waals surface area contributed by atoms with Crippen molar-refractivity contribution in [1.29, 1.82) is 0 Å². The Bertz CT molecular complexity index is 1210. The first-order valence-corrected chi connectivity index (χ1v) is 10.8. The normalized spacial score (nSPS) is 11.8. The smallest absolute Gasteiger partial charge is 0.231 e. The third-order valence-corrected chi connectivity index (χ3v) is 5.84. The van der Waals surface area contributed by atoms with E-state index in [4.69, 9.17) is 10.6 Å². The molecule has 9 nitrogen and oxygen atoms in total. The average Bonchev–Trinajstić information content (AvgIpc) is 3.41. The van der Waals surface area contributed by atoms with Gasteiger partial charge >= 0.3 is 0 Å². The van der Waals surface area contributed by atoms with Crippen LogP contribution in [0.15, 0.2) is 72.1 Å². The number of amides is 1. The quantitative estimate of drug-likeness (QED) is 0.314. The molecule has 2 aromatic carbocycles. The molecule has 0 aliphatic rings. The summed E-state index contributed by atoms with van der Waals surface area (Å²) in [5.41, 5.74) is 1.67. The number of benzene rings is 2. The summed E-state index contributed by atoms with van der Waals surface area (Å²) >= 11 is 1.21. The van der Waals surface area contributed by atoms with Crippen LogP contribution in [-0.4, -0.2) is 43.2 Å². The Labute approximate surface area is 189 Å². The number of nitrogen functional groups attached to an aromatic ring is 1. The summed E-state index contributed by atoms with van der Waals surface area (Å²) in [6.07, 6.45) is 3.56. The van der Waals surface area contributed by atoms with Crippen molar-refractivity contribution in [3.05, 3.63) is 78.4 Å². The third kappa shape index (κ3) is 4.45. The number of aromatic nitrogens is 5. The van der Waals surface area contributed by atoms with Gasteiger partial charge in [-0.25, -0.2) is 9.66 Å². The lowest BCUT2D eigenvalue weighted by atomic mass is 10.1. The monoisotopic (exact) mass is 449 g/mol. The van der Waals surface area contributed by atoms with Crippen LogP contribution in [0.5, 0.6) is 5.75 Å². The number of carbonyl (C=O) groups excluding carboxylic acids is 1. The summed E-state index contributed by atoms with van der Waals surface area (Å²) in [6.45, 7) is 0. The summed E-state index contributed by atoms with van der Waals surface area (Å²) in [6, 6.07) is 16.8. The molecule has 10 heteroatoms. The van der Waals surface area contributed by atoms with Gasteiger partial charge in [0.25, 0.3) is 0 Å². The van der Waals surface area contributed by atoms with Crippen molar-refractivity contribution in [2.75, 3.05) is 18.7 Å². The van der Waals surface area contributed by atoms with E-state index in [9.17, 15) is 4.79 Å². The van der Waals surface area contributed by atoms with Crippen LogP contribution >= 0.6 is 11.8 Å². The largest absolute Gasteiger partial charge is 0.496 e. The zero-order chi connectivity index (χ0) is 22.5. The molecular weight excluding hydrogens is 426 g/mol. The number of hydrogen-bond acceptors (Lipinski definition) is 7. The first-order valence-electron chi connectivity index (χ1n) is 9.86. The molecule has 1 amide bonds. The highest BCUT2D eigenvalue weighted by atomic mass is 32.2. The van der Waals surface area contributed by atoms with Gasteiger partial charge in [-0.1, -0.05) is 54.2 Å². The molecule has 0 aliphatic carbocycles. The molecule has 0 saturated heterocycles. The van der Waals surface area contributed by atoms with E-state index in [1.165, 1.54) is 16.4 Å². The Morgan fingerprint density at radius 2 is 1.91 bits per heavy atom. The van der Waals surface area contributed by atoms with Crippen LogP contribution in [0.4, 0.5) is 0 Å². The predicted octanol–water partition coefficient (Wildman–Crippen LogP) is 2.40. The van der Waals surface area contributed by atoms with E-state index in [2.05, 4.69) is 20.5 Å². The number of hydrogen-bond donors (Lipinski definition) is 2. The number of rotatable bonds is 8. The van der Waals surface area contributed by atoms with Crippen molar-refractivity contribution in [2.45, 2.75) is 11.2 Å². The summed E-state index contributed by atoms with van der Waals surface area (Å²) in [7, 11) is 3.48. The molecule has 0 spiro atoms. The predicted molar refractivity (Wildman–Crippen MR) is 123 cm³/mol. The van der Waals surface area contributed by atoms with Gasteiger partial charge in [-0.2, -0.15) is 0 Å². The molecular formula is C22H23N7O2S. The maximum Gasteiger partial charge on any atom is 0.231 e. The molecule has 0 saturated carbocycles. The van der Waals surface area contributed by atoms with Gasteiger partial charge in [0.15, 0.2) is 5.82 Å². The highest BCUT2D eigenvalue weighted by molar-refractivity contribution is 7.99. The van der Waals surface area contributed by atoms with Gasteiger partial charge in [-0.3, -0.25) is 4.79 Å². The Morgan fingerprint density at radius 1 is 1.16 bits per heavy atom. The molecule has 164 valence electrons. The minimum absolute atomic E-state index is 0.120. The molecule has 1 atom stereocenters. The zero-order valence-electron chi connectivity index (χ0n) is 17.7. The highest BCUT2D eigenvalue weighted by Crippen LogP contribution is 2.29. The first kappa shape index (κ1) is 21.4. The van der Waals surface area contributed by atoms with Crippen molar-refractivity contribution in [2.24, 2.45) is 7.05 Å². The third-order valence-electron chi connectivity index (χ3n) is 4.90. The molecule has 0 fully saturated rings. The van der Waals surface area contributed by atoms with E-state index in [-0.39, 0.29) is 17.7 Å². The van der Waals surface area contributed by atoms with E-state index in [0.717, 1.165) is 17.0 Å². The number of nitrogens with zero attached hydrogens (tertiary/aromatic N) is 5. The lowest BCUT2D eigenvalue weighted by Gasteiger charge is -2.19. The van der Waals surface area contributed by atoms with Crippen LogP contribution in [0.1, 0.15) is 17.4 Å². The second kappa shape index (κ2) is 9.56. The number of carbonyl (C=O) groups is 1. The molecule has 3 N–H and O–H groups in total. The van der Waals surface area contributed by atoms with Crippen LogP contribution in [-0.2, 0) is 11.8 Å². The number of nitrogens with one attached hydrogen (secondary N) is 1. The topological polar surface area (TPSA) is 113 Å². The highest BCUT2D eigenvalue weighted by Gasteiger charge is 2.22. The van der Waals surface area contributed by atoms with E-state index < -0.39 is 0 Å².